The van der Waals surface area contributed by atoms with E-state index in [1.165, 1.54) is 0 Å². The van der Waals surface area contributed by atoms with Gasteiger partial charge in [0.2, 0.25) is 0 Å². The number of amides is 1. The number of hydrogen-bond donors (Lipinski definition) is 1. The highest BCUT2D eigenvalue weighted by Gasteiger charge is 2.12. The summed E-state index contributed by atoms with van der Waals surface area (Å²) in [7, 11) is 5.88. The van der Waals surface area contributed by atoms with Gasteiger partial charge in [-0.25, -0.2) is 5.43 Å². The number of hydrogen-bond acceptors (Lipinski definition) is 2. The minimum atomic E-state index is -0.0836. The second kappa shape index (κ2) is 5.42. The van der Waals surface area contributed by atoms with E-state index in [0.29, 0.717) is 11.0 Å². The van der Waals surface area contributed by atoms with Crippen LogP contribution in [0.1, 0.15) is 5.56 Å². The maximum Gasteiger partial charge on any atom is 0.295 e. The van der Waals surface area contributed by atoms with Gasteiger partial charge in [-0.3, -0.25) is 4.79 Å². The molecule has 1 aromatic rings. The second-order valence-corrected chi connectivity index (χ2v) is 4.65. The van der Waals surface area contributed by atoms with Crippen molar-refractivity contribution in [1.29, 1.82) is 0 Å². The van der Waals surface area contributed by atoms with Gasteiger partial charge in [0.1, 0.15) is 0 Å². The average Bonchev–Trinajstić information content (AvgIpc) is 2.16. The lowest BCUT2D eigenvalue weighted by Gasteiger charge is -2.21. The van der Waals surface area contributed by atoms with E-state index in [1.807, 2.05) is 51.5 Å². The smallest absolute Gasteiger partial charge is 0.295 e. The van der Waals surface area contributed by atoms with Gasteiger partial charge >= 0.3 is 0 Å². The maximum atomic E-state index is 11.4. The van der Waals surface area contributed by atoms with Crippen molar-refractivity contribution >= 4 is 12.1 Å². The molecule has 0 fully saturated rings. The van der Waals surface area contributed by atoms with E-state index in [9.17, 15) is 4.79 Å². The SMILES string of the molecule is C[N+](C)(C)CC(=O)N/N=C\c1ccccc1. The summed E-state index contributed by atoms with van der Waals surface area (Å²) < 4.78 is 0.590. The number of hydrazone groups is 1. The van der Waals surface area contributed by atoms with Crippen LogP contribution in [-0.2, 0) is 4.79 Å². The molecule has 0 aromatic heterocycles. The topological polar surface area (TPSA) is 41.5 Å². The van der Waals surface area contributed by atoms with Gasteiger partial charge in [-0.1, -0.05) is 30.3 Å². The first-order valence-corrected chi connectivity index (χ1v) is 5.15. The van der Waals surface area contributed by atoms with E-state index in [4.69, 9.17) is 0 Å². The molecule has 86 valence electrons. The van der Waals surface area contributed by atoms with Crippen LogP contribution in [-0.4, -0.2) is 44.3 Å². The molecule has 0 saturated carbocycles. The third-order valence-electron chi connectivity index (χ3n) is 1.82. The fourth-order valence-corrected chi connectivity index (χ4v) is 1.18. The lowest BCUT2D eigenvalue weighted by atomic mass is 10.2. The van der Waals surface area contributed by atoms with Crippen LogP contribution in [0.4, 0.5) is 0 Å². The van der Waals surface area contributed by atoms with E-state index < -0.39 is 0 Å². The molecule has 0 bridgehead atoms. The number of nitrogens with zero attached hydrogens (tertiary/aromatic N) is 2. The standard InChI is InChI=1S/C12H17N3O/c1-15(2,3)10-12(16)14-13-9-11-7-5-4-6-8-11/h4-9H,10H2,1-3H3/p+1/b13-9-. The zero-order valence-electron chi connectivity index (χ0n) is 9.97. The number of carbonyl (C=O) groups excluding carboxylic acids is 1. The van der Waals surface area contributed by atoms with Gasteiger partial charge in [0.25, 0.3) is 5.91 Å². The number of quaternary nitrogens is 1. The summed E-state index contributed by atoms with van der Waals surface area (Å²) in [5.41, 5.74) is 3.47. The Morgan fingerprint density at radius 3 is 2.50 bits per heavy atom. The van der Waals surface area contributed by atoms with Crippen molar-refractivity contribution in [3.05, 3.63) is 35.9 Å². The minimum absolute atomic E-state index is 0.0836. The number of nitrogens with one attached hydrogen (secondary N) is 1. The van der Waals surface area contributed by atoms with E-state index in [0.717, 1.165) is 5.56 Å². The molecule has 0 radical (unpaired) electrons. The van der Waals surface area contributed by atoms with Crippen LogP contribution in [0.5, 0.6) is 0 Å². The zero-order valence-corrected chi connectivity index (χ0v) is 9.97. The highest BCUT2D eigenvalue weighted by atomic mass is 16.2. The molecule has 0 heterocycles. The van der Waals surface area contributed by atoms with Crippen molar-refractivity contribution in [2.75, 3.05) is 27.7 Å². The molecular formula is C12H18N3O+. The number of rotatable bonds is 4. The fourth-order valence-electron chi connectivity index (χ4n) is 1.18. The summed E-state index contributed by atoms with van der Waals surface area (Å²) >= 11 is 0. The fraction of sp³-hybridized carbons (Fsp3) is 0.333. The number of benzene rings is 1. The normalized spacial score (nSPS) is 11.7. The summed E-state index contributed by atoms with van der Waals surface area (Å²) in [6, 6.07) is 9.64. The largest absolute Gasteiger partial charge is 0.323 e. The lowest BCUT2D eigenvalue weighted by Crippen LogP contribution is -2.43. The van der Waals surface area contributed by atoms with E-state index in [-0.39, 0.29) is 5.91 Å². The molecule has 1 rings (SSSR count). The molecule has 4 nitrogen and oxygen atoms in total. The zero-order chi connectivity index (χ0) is 12.0. The Morgan fingerprint density at radius 1 is 1.31 bits per heavy atom. The molecule has 1 aromatic carbocycles. The predicted molar refractivity (Wildman–Crippen MR) is 65.1 cm³/mol. The van der Waals surface area contributed by atoms with Crippen LogP contribution in [0.25, 0.3) is 0 Å². The summed E-state index contributed by atoms with van der Waals surface area (Å²) in [6.07, 6.45) is 1.63. The maximum absolute atomic E-state index is 11.4. The average molecular weight is 220 g/mol. The van der Waals surface area contributed by atoms with Crippen LogP contribution >= 0.6 is 0 Å². The molecule has 1 amide bonds. The van der Waals surface area contributed by atoms with Crippen molar-refractivity contribution in [3.63, 3.8) is 0 Å². The van der Waals surface area contributed by atoms with Crippen molar-refractivity contribution in [3.8, 4) is 0 Å². The van der Waals surface area contributed by atoms with Gasteiger partial charge in [0, 0.05) is 0 Å². The van der Waals surface area contributed by atoms with Crippen LogP contribution in [0, 0.1) is 0 Å². The number of carbonyl (C=O) groups is 1. The Bertz CT molecular complexity index is 366. The first kappa shape index (κ1) is 12.4. The van der Waals surface area contributed by atoms with Crippen molar-refractivity contribution < 1.29 is 9.28 Å². The van der Waals surface area contributed by atoms with E-state index >= 15 is 0 Å². The molecule has 4 heteroatoms. The first-order chi connectivity index (χ1) is 7.47. The monoisotopic (exact) mass is 220 g/mol. The molecule has 0 spiro atoms. The highest BCUT2D eigenvalue weighted by Crippen LogP contribution is 1.93. The molecule has 0 aliphatic carbocycles. The van der Waals surface area contributed by atoms with Gasteiger partial charge in [-0.15, -0.1) is 0 Å². The third-order valence-corrected chi connectivity index (χ3v) is 1.82. The third kappa shape index (κ3) is 5.26. The Kier molecular flexibility index (Phi) is 4.19. The summed E-state index contributed by atoms with van der Waals surface area (Å²) in [5.74, 6) is -0.0836. The van der Waals surface area contributed by atoms with Crippen LogP contribution < -0.4 is 5.43 Å². The molecule has 0 aliphatic heterocycles. The van der Waals surface area contributed by atoms with E-state index in [1.54, 1.807) is 6.21 Å². The predicted octanol–water partition coefficient (Wildman–Crippen LogP) is 0.843. The van der Waals surface area contributed by atoms with Crippen LogP contribution in [0.2, 0.25) is 0 Å². The van der Waals surface area contributed by atoms with E-state index in [2.05, 4.69) is 10.5 Å². The summed E-state index contributed by atoms with van der Waals surface area (Å²) in [6.45, 7) is 0.409. The minimum Gasteiger partial charge on any atom is -0.323 e. The summed E-state index contributed by atoms with van der Waals surface area (Å²) in [4.78, 5) is 11.4. The Balaban J connectivity index is 2.41. The van der Waals surface area contributed by atoms with Crippen molar-refractivity contribution in [1.82, 2.24) is 5.43 Å². The Hall–Kier alpha value is -1.68. The molecule has 0 saturated heterocycles. The number of likely N-dealkylation sites (N-methyl/N-ethyl adjacent to an activating group) is 1. The molecular weight excluding hydrogens is 202 g/mol. The van der Waals surface area contributed by atoms with Gasteiger partial charge in [-0.2, -0.15) is 5.10 Å². The van der Waals surface area contributed by atoms with Gasteiger partial charge < -0.3 is 4.48 Å². The molecule has 0 unspecified atom stereocenters. The van der Waals surface area contributed by atoms with Gasteiger partial charge in [0.05, 0.1) is 27.4 Å². The van der Waals surface area contributed by atoms with Crippen LogP contribution in [0.3, 0.4) is 0 Å². The Morgan fingerprint density at radius 2 is 1.94 bits per heavy atom. The summed E-state index contributed by atoms with van der Waals surface area (Å²) in [5, 5.41) is 3.89. The van der Waals surface area contributed by atoms with Gasteiger partial charge in [0.15, 0.2) is 6.54 Å². The molecule has 1 N–H and O–H groups in total. The highest BCUT2D eigenvalue weighted by molar-refractivity contribution is 5.82. The van der Waals surface area contributed by atoms with Crippen molar-refractivity contribution in [2.24, 2.45) is 5.10 Å². The lowest BCUT2D eigenvalue weighted by molar-refractivity contribution is -0.862. The van der Waals surface area contributed by atoms with Gasteiger partial charge in [-0.05, 0) is 5.56 Å². The molecule has 0 atom stereocenters. The Labute approximate surface area is 96.2 Å². The second-order valence-electron chi connectivity index (χ2n) is 4.65. The van der Waals surface area contributed by atoms with Crippen molar-refractivity contribution in [2.45, 2.75) is 0 Å². The quantitative estimate of drug-likeness (QED) is 0.456. The first-order valence-electron chi connectivity index (χ1n) is 5.15. The van der Waals surface area contributed by atoms with Crippen LogP contribution in [0.15, 0.2) is 35.4 Å². The molecule has 16 heavy (non-hydrogen) atoms. The molecule has 0 aliphatic rings.